The first-order chi connectivity index (χ1) is 16.4. The number of hydrazone groups is 1. The van der Waals surface area contributed by atoms with Crippen molar-refractivity contribution in [3.63, 3.8) is 0 Å². The highest BCUT2D eigenvalue weighted by molar-refractivity contribution is 6.34. The summed E-state index contributed by atoms with van der Waals surface area (Å²) in [6.45, 7) is 2.21. The highest BCUT2D eigenvalue weighted by atomic mass is 35.5. The average Bonchev–Trinajstić information content (AvgIpc) is 3.51. The highest BCUT2D eigenvalue weighted by Crippen LogP contribution is 2.51. The minimum Gasteiger partial charge on any atom is -0.454 e. The zero-order valence-electron chi connectivity index (χ0n) is 18.5. The number of amides is 1. The van der Waals surface area contributed by atoms with Crippen molar-refractivity contribution in [2.75, 3.05) is 12.1 Å². The van der Waals surface area contributed by atoms with E-state index < -0.39 is 5.41 Å². The lowest BCUT2D eigenvalue weighted by Gasteiger charge is -2.17. The smallest absolute Gasteiger partial charge is 0.235 e. The number of nitrogens with one attached hydrogen (secondary N) is 2. The fourth-order valence-electron chi connectivity index (χ4n) is 4.25. The molecule has 1 aliphatic carbocycles. The van der Waals surface area contributed by atoms with Crippen molar-refractivity contribution in [3.8, 4) is 22.6 Å². The van der Waals surface area contributed by atoms with Gasteiger partial charge in [-0.2, -0.15) is 0 Å². The summed E-state index contributed by atoms with van der Waals surface area (Å²) in [5, 5.41) is 7.32. The standard InChI is InChI=1S/C25H24ClN5O3/c1-14-2-5-17(12-19(14)15-3-6-18(20(26)10-15)23(27)30-31-28)29-24(32)25(8-9-25)16-4-7-21-22(11-16)34-13-33-21/h2-7,10-12,31H,8-9,13,28H2,1H3,(H2,27,30)(H,29,32). The van der Waals surface area contributed by atoms with E-state index in [1.165, 1.54) is 0 Å². The molecular formula is C25H24ClN5O3. The molecule has 3 aromatic rings. The van der Waals surface area contributed by atoms with Gasteiger partial charge >= 0.3 is 0 Å². The van der Waals surface area contributed by atoms with E-state index in [-0.39, 0.29) is 18.5 Å². The topological polar surface area (TPSA) is 124 Å². The fourth-order valence-corrected chi connectivity index (χ4v) is 4.53. The molecule has 9 heteroatoms. The number of nitrogens with two attached hydrogens (primary N) is 2. The first-order valence-corrected chi connectivity index (χ1v) is 11.2. The van der Waals surface area contributed by atoms with Gasteiger partial charge in [0.05, 0.1) is 10.4 Å². The van der Waals surface area contributed by atoms with Crippen LogP contribution in [-0.2, 0) is 10.2 Å². The van der Waals surface area contributed by atoms with Crippen LogP contribution in [-0.4, -0.2) is 18.5 Å². The third-order valence-corrected chi connectivity index (χ3v) is 6.66. The van der Waals surface area contributed by atoms with E-state index in [2.05, 4.69) is 16.0 Å². The van der Waals surface area contributed by atoms with Gasteiger partial charge in [-0.3, -0.25) is 4.79 Å². The second kappa shape index (κ2) is 8.55. The summed E-state index contributed by atoms with van der Waals surface area (Å²) in [6.07, 6.45) is 1.57. The Kier molecular flexibility index (Phi) is 5.55. The van der Waals surface area contributed by atoms with E-state index in [1.54, 1.807) is 6.07 Å². The Labute approximate surface area is 201 Å². The van der Waals surface area contributed by atoms with E-state index in [0.29, 0.717) is 27.8 Å². The summed E-state index contributed by atoms with van der Waals surface area (Å²) < 4.78 is 10.9. The van der Waals surface area contributed by atoms with Gasteiger partial charge in [0, 0.05) is 11.3 Å². The molecule has 1 aliphatic heterocycles. The van der Waals surface area contributed by atoms with Crippen LogP contribution in [0.4, 0.5) is 5.69 Å². The molecule has 174 valence electrons. The maximum Gasteiger partial charge on any atom is 0.235 e. The van der Waals surface area contributed by atoms with Crippen molar-refractivity contribution in [2.45, 2.75) is 25.2 Å². The van der Waals surface area contributed by atoms with Crippen molar-refractivity contribution in [1.29, 1.82) is 0 Å². The molecule has 0 atom stereocenters. The van der Waals surface area contributed by atoms with E-state index in [9.17, 15) is 4.79 Å². The lowest BCUT2D eigenvalue weighted by atomic mass is 9.94. The van der Waals surface area contributed by atoms with Crippen LogP contribution in [0.5, 0.6) is 11.5 Å². The maximum atomic E-state index is 13.3. The number of amidine groups is 1. The number of fused-ring (bicyclic) bond motifs is 1. The SMILES string of the molecule is Cc1ccc(NC(=O)C2(c3ccc4c(c3)OCO4)CC2)cc1-c1ccc(/C(N)=N/NN)c(Cl)c1. The fraction of sp³-hybridized carbons (Fsp3) is 0.200. The lowest BCUT2D eigenvalue weighted by Crippen LogP contribution is -2.27. The largest absolute Gasteiger partial charge is 0.454 e. The van der Waals surface area contributed by atoms with E-state index in [1.807, 2.05) is 55.5 Å². The number of carbonyl (C=O) groups is 1. The van der Waals surface area contributed by atoms with Gasteiger partial charge in [0.25, 0.3) is 0 Å². The molecule has 1 saturated carbocycles. The van der Waals surface area contributed by atoms with E-state index in [0.717, 1.165) is 35.1 Å². The molecule has 0 aromatic heterocycles. The summed E-state index contributed by atoms with van der Waals surface area (Å²) >= 11 is 6.44. The molecular weight excluding hydrogens is 454 g/mol. The molecule has 1 fully saturated rings. The normalized spacial score (nSPS) is 15.7. The van der Waals surface area contributed by atoms with Crippen molar-refractivity contribution >= 4 is 29.0 Å². The van der Waals surface area contributed by atoms with Gasteiger partial charge in [0.2, 0.25) is 12.7 Å². The zero-order valence-corrected chi connectivity index (χ0v) is 19.3. The molecule has 1 amide bonds. The van der Waals surface area contributed by atoms with Crippen LogP contribution in [0.2, 0.25) is 5.02 Å². The van der Waals surface area contributed by atoms with Crippen molar-refractivity contribution < 1.29 is 14.3 Å². The number of hydrazine groups is 1. The van der Waals surface area contributed by atoms with Crippen molar-refractivity contribution in [2.24, 2.45) is 16.7 Å². The van der Waals surface area contributed by atoms with Gasteiger partial charge in [-0.15, -0.1) is 5.10 Å². The van der Waals surface area contributed by atoms with Crippen LogP contribution >= 0.6 is 11.6 Å². The molecule has 0 saturated heterocycles. The molecule has 3 aromatic carbocycles. The Bertz CT molecular complexity index is 1320. The second-order valence-corrected chi connectivity index (χ2v) is 8.86. The Balaban J connectivity index is 1.40. The van der Waals surface area contributed by atoms with Crippen molar-refractivity contribution in [1.82, 2.24) is 5.53 Å². The molecule has 8 nitrogen and oxygen atoms in total. The Morgan fingerprint density at radius 3 is 2.59 bits per heavy atom. The predicted octanol–water partition coefficient (Wildman–Crippen LogP) is 3.80. The number of nitrogens with zero attached hydrogens (tertiary/aromatic N) is 1. The molecule has 6 N–H and O–H groups in total. The van der Waals surface area contributed by atoms with Crippen LogP contribution in [0.1, 0.15) is 29.5 Å². The third-order valence-electron chi connectivity index (χ3n) is 6.35. The summed E-state index contributed by atoms with van der Waals surface area (Å²) in [4.78, 5) is 13.3. The van der Waals surface area contributed by atoms with Crippen LogP contribution in [0, 0.1) is 6.92 Å². The molecule has 1 heterocycles. The van der Waals surface area contributed by atoms with Gasteiger partial charge < -0.3 is 20.5 Å². The number of rotatable bonds is 6. The number of benzene rings is 3. The minimum absolute atomic E-state index is 0.0344. The van der Waals surface area contributed by atoms with E-state index >= 15 is 0 Å². The van der Waals surface area contributed by atoms with Crippen LogP contribution in [0.25, 0.3) is 11.1 Å². The number of carbonyl (C=O) groups excluding carboxylic acids is 1. The maximum absolute atomic E-state index is 13.3. The third kappa shape index (κ3) is 3.91. The molecule has 0 radical (unpaired) electrons. The van der Waals surface area contributed by atoms with Gasteiger partial charge in [-0.25, -0.2) is 11.4 Å². The van der Waals surface area contributed by atoms with Crippen LogP contribution < -0.4 is 31.9 Å². The number of aryl methyl sites for hydroxylation is 1. The van der Waals surface area contributed by atoms with Gasteiger partial charge in [0.1, 0.15) is 0 Å². The van der Waals surface area contributed by atoms with Crippen molar-refractivity contribution in [3.05, 3.63) is 76.3 Å². The summed E-state index contributed by atoms with van der Waals surface area (Å²) in [7, 11) is 0. The highest BCUT2D eigenvalue weighted by Gasteiger charge is 2.51. The molecule has 5 rings (SSSR count). The molecule has 0 bridgehead atoms. The van der Waals surface area contributed by atoms with E-state index in [4.69, 9.17) is 32.7 Å². The van der Waals surface area contributed by atoms with Gasteiger partial charge in [-0.1, -0.05) is 29.8 Å². The summed E-state index contributed by atoms with van der Waals surface area (Å²) in [5.41, 5.74) is 12.6. The number of ether oxygens (including phenoxy) is 2. The summed E-state index contributed by atoms with van der Waals surface area (Å²) in [6, 6.07) is 17.1. The van der Waals surface area contributed by atoms with Gasteiger partial charge in [-0.05, 0) is 78.4 Å². The number of halogens is 1. The Morgan fingerprint density at radius 1 is 1.06 bits per heavy atom. The molecule has 0 unspecified atom stereocenters. The molecule has 0 spiro atoms. The molecule has 34 heavy (non-hydrogen) atoms. The van der Waals surface area contributed by atoms with Crippen LogP contribution in [0.3, 0.4) is 0 Å². The summed E-state index contributed by atoms with van der Waals surface area (Å²) in [5.74, 6) is 6.75. The first kappa shape index (κ1) is 22.1. The Morgan fingerprint density at radius 2 is 1.85 bits per heavy atom. The van der Waals surface area contributed by atoms with Crippen LogP contribution in [0.15, 0.2) is 59.7 Å². The second-order valence-electron chi connectivity index (χ2n) is 8.45. The quantitative estimate of drug-likeness (QED) is 0.185. The average molecular weight is 478 g/mol. The minimum atomic E-state index is -0.551. The zero-order chi connectivity index (χ0) is 23.9. The molecule has 2 aliphatic rings. The predicted molar refractivity (Wildman–Crippen MR) is 132 cm³/mol. The first-order valence-electron chi connectivity index (χ1n) is 10.8. The lowest BCUT2D eigenvalue weighted by molar-refractivity contribution is -0.118. The Hall–Kier alpha value is -3.75. The van der Waals surface area contributed by atoms with Gasteiger partial charge in [0.15, 0.2) is 17.3 Å². The monoisotopic (exact) mass is 477 g/mol. The number of anilines is 1. The number of hydrogen-bond donors (Lipinski definition) is 4. The number of hydrogen-bond acceptors (Lipinski definition) is 6.